The van der Waals surface area contributed by atoms with Gasteiger partial charge >= 0.3 is 0 Å². The highest BCUT2D eigenvalue weighted by Gasteiger charge is 2.06. The van der Waals surface area contributed by atoms with Crippen molar-refractivity contribution in [3.8, 4) is 11.5 Å². The Kier molecular flexibility index (Phi) is 3.69. The normalized spacial score (nSPS) is 10.4. The standard InChI is InChI=1S/C13H11BrClNO/c1-8-5-10(6-9(2)13(8)14)17-12-3-4-16-7-11(12)15/h3-7H,1-2H3. The molecule has 0 saturated carbocycles. The Labute approximate surface area is 114 Å². The van der Waals surface area contributed by atoms with Crippen molar-refractivity contribution in [2.45, 2.75) is 13.8 Å². The molecular formula is C13H11BrClNO. The molecule has 4 heteroatoms. The monoisotopic (exact) mass is 311 g/mol. The predicted molar refractivity (Wildman–Crippen MR) is 72.9 cm³/mol. The fourth-order valence-electron chi connectivity index (χ4n) is 1.54. The van der Waals surface area contributed by atoms with Gasteiger partial charge < -0.3 is 4.74 Å². The molecule has 0 atom stereocenters. The summed E-state index contributed by atoms with van der Waals surface area (Å²) in [5, 5.41) is 0.505. The molecule has 0 aliphatic heterocycles. The molecule has 88 valence electrons. The number of pyridine rings is 1. The molecule has 0 spiro atoms. The van der Waals surface area contributed by atoms with E-state index in [2.05, 4.69) is 20.9 Å². The van der Waals surface area contributed by atoms with Crippen molar-refractivity contribution in [1.82, 2.24) is 4.98 Å². The second-order valence-electron chi connectivity index (χ2n) is 3.78. The molecule has 1 heterocycles. The maximum atomic E-state index is 5.99. The first kappa shape index (κ1) is 12.4. The van der Waals surface area contributed by atoms with Crippen LogP contribution in [0.1, 0.15) is 11.1 Å². The number of rotatable bonds is 2. The Balaban J connectivity index is 2.34. The van der Waals surface area contributed by atoms with Gasteiger partial charge in [-0.25, -0.2) is 0 Å². The third kappa shape index (κ3) is 2.79. The molecule has 2 rings (SSSR count). The van der Waals surface area contributed by atoms with Crippen LogP contribution >= 0.6 is 27.5 Å². The molecule has 1 aromatic heterocycles. The fraction of sp³-hybridized carbons (Fsp3) is 0.154. The molecule has 0 aliphatic carbocycles. The summed E-state index contributed by atoms with van der Waals surface area (Å²) in [7, 11) is 0. The number of ether oxygens (including phenoxy) is 1. The van der Waals surface area contributed by atoms with Crippen LogP contribution in [0.25, 0.3) is 0 Å². The Hall–Kier alpha value is -1.06. The molecule has 0 aliphatic rings. The number of aromatic nitrogens is 1. The van der Waals surface area contributed by atoms with Crippen molar-refractivity contribution in [3.63, 3.8) is 0 Å². The number of halogens is 2. The van der Waals surface area contributed by atoms with E-state index >= 15 is 0 Å². The van der Waals surface area contributed by atoms with Crippen LogP contribution in [0.2, 0.25) is 5.02 Å². The topological polar surface area (TPSA) is 22.1 Å². The van der Waals surface area contributed by atoms with Crippen LogP contribution < -0.4 is 4.74 Å². The van der Waals surface area contributed by atoms with Crippen LogP contribution in [0, 0.1) is 13.8 Å². The lowest BCUT2D eigenvalue weighted by molar-refractivity contribution is 0.481. The Morgan fingerprint density at radius 3 is 2.47 bits per heavy atom. The van der Waals surface area contributed by atoms with Gasteiger partial charge in [0.05, 0.1) is 0 Å². The molecule has 0 N–H and O–H groups in total. The summed E-state index contributed by atoms with van der Waals surface area (Å²) >= 11 is 9.51. The molecule has 0 unspecified atom stereocenters. The summed E-state index contributed by atoms with van der Waals surface area (Å²) in [6, 6.07) is 5.68. The minimum absolute atomic E-state index is 0.505. The van der Waals surface area contributed by atoms with Gasteiger partial charge in [0.2, 0.25) is 0 Å². The third-order valence-corrected chi connectivity index (χ3v) is 3.91. The van der Waals surface area contributed by atoms with E-state index in [9.17, 15) is 0 Å². The number of hydrogen-bond donors (Lipinski definition) is 0. The first-order valence-corrected chi connectivity index (χ1v) is 6.29. The summed E-state index contributed by atoms with van der Waals surface area (Å²) < 4.78 is 6.84. The van der Waals surface area contributed by atoms with Crippen molar-refractivity contribution in [3.05, 3.63) is 51.2 Å². The first-order valence-electron chi connectivity index (χ1n) is 5.12. The van der Waals surface area contributed by atoms with Crippen molar-refractivity contribution >= 4 is 27.5 Å². The smallest absolute Gasteiger partial charge is 0.149 e. The molecule has 2 aromatic rings. The number of nitrogens with zero attached hydrogens (tertiary/aromatic N) is 1. The van der Waals surface area contributed by atoms with Gasteiger partial charge in [0.1, 0.15) is 16.5 Å². The van der Waals surface area contributed by atoms with Gasteiger partial charge in [-0.15, -0.1) is 0 Å². The molecule has 17 heavy (non-hydrogen) atoms. The maximum absolute atomic E-state index is 5.99. The predicted octanol–water partition coefficient (Wildman–Crippen LogP) is 4.91. The van der Waals surface area contributed by atoms with Gasteiger partial charge in [-0.2, -0.15) is 0 Å². The van der Waals surface area contributed by atoms with E-state index in [1.165, 1.54) is 0 Å². The highest BCUT2D eigenvalue weighted by atomic mass is 79.9. The van der Waals surface area contributed by atoms with Crippen LogP contribution in [0.4, 0.5) is 0 Å². The zero-order chi connectivity index (χ0) is 12.4. The van der Waals surface area contributed by atoms with Crippen LogP contribution in [-0.4, -0.2) is 4.98 Å². The molecule has 0 amide bonds. The fourth-order valence-corrected chi connectivity index (χ4v) is 1.92. The molecule has 0 radical (unpaired) electrons. The molecule has 0 fully saturated rings. The summed E-state index contributed by atoms with van der Waals surface area (Å²) in [6.07, 6.45) is 3.22. The lowest BCUT2D eigenvalue weighted by atomic mass is 10.1. The Morgan fingerprint density at radius 2 is 1.88 bits per heavy atom. The van der Waals surface area contributed by atoms with E-state index in [0.717, 1.165) is 21.3 Å². The van der Waals surface area contributed by atoms with E-state index in [-0.39, 0.29) is 0 Å². The van der Waals surface area contributed by atoms with E-state index < -0.39 is 0 Å². The van der Waals surface area contributed by atoms with Crippen LogP contribution in [0.15, 0.2) is 35.1 Å². The van der Waals surface area contributed by atoms with E-state index in [1.54, 1.807) is 18.5 Å². The SMILES string of the molecule is Cc1cc(Oc2ccncc2Cl)cc(C)c1Br. The van der Waals surface area contributed by atoms with Crippen LogP contribution in [0.3, 0.4) is 0 Å². The minimum atomic E-state index is 0.505. The van der Waals surface area contributed by atoms with Gasteiger partial charge in [0.15, 0.2) is 0 Å². The minimum Gasteiger partial charge on any atom is -0.456 e. The highest BCUT2D eigenvalue weighted by Crippen LogP contribution is 2.32. The summed E-state index contributed by atoms with van der Waals surface area (Å²) in [4.78, 5) is 3.92. The Bertz CT molecular complexity index is 534. The zero-order valence-electron chi connectivity index (χ0n) is 9.50. The summed E-state index contributed by atoms with van der Waals surface area (Å²) in [5.41, 5.74) is 2.26. The van der Waals surface area contributed by atoms with Gasteiger partial charge in [0.25, 0.3) is 0 Å². The number of hydrogen-bond acceptors (Lipinski definition) is 2. The molecular weight excluding hydrogens is 302 g/mol. The highest BCUT2D eigenvalue weighted by molar-refractivity contribution is 9.10. The Morgan fingerprint density at radius 1 is 1.24 bits per heavy atom. The van der Waals surface area contributed by atoms with Crippen molar-refractivity contribution in [1.29, 1.82) is 0 Å². The maximum Gasteiger partial charge on any atom is 0.149 e. The van der Waals surface area contributed by atoms with Crippen LogP contribution in [-0.2, 0) is 0 Å². The lowest BCUT2D eigenvalue weighted by Gasteiger charge is -2.10. The zero-order valence-corrected chi connectivity index (χ0v) is 11.8. The van der Waals surface area contributed by atoms with Gasteiger partial charge in [-0.05, 0) is 37.1 Å². The van der Waals surface area contributed by atoms with Gasteiger partial charge in [-0.3, -0.25) is 4.98 Å². The van der Waals surface area contributed by atoms with Gasteiger partial charge in [0, 0.05) is 22.9 Å². The quantitative estimate of drug-likeness (QED) is 0.786. The average molecular weight is 313 g/mol. The van der Waals surface area contributed by atoms with E-state index in [1.807, 2.05) is 26.0 Å². The molecule has 2 nitrogen and oxygen atoms in total. The summed E-state index contributed by atoms with van der Waals surface area (Å²) in [5.74, 6) is 1.39. The molecule has 0 bridgehead atoms. The average Bonchev–Trinajstić information content (AvgIpc) is 2.29. The third-order valence-electron chi connectivity index (χ3n) is 2.37. The second kappa shape index (κ2) is 5.07. The molecule has 0 saturated heterocycles. The number of aryl methyl sites for hydroxylation is 2. The lowest BCUT2D eigenvalue weighted by Crippen LogP contribution is -1.89. The van der Waals surface area contributed by atoms with E-state index in [4.69, 9.17) is 16.3 Å². The first-order chi connectivity index (χ1) is 8.08. The largest absolute Gasteiger partial charge is 0.456 e. The van der Waals surface area contributed by atoms with Crippen molar-refractivity contribution in [2.75, 3.05) is 0 Å². The van der Waals surface area contributed by atoms with E-state index in [0.29, 0.717) is 10.8 Å². The van der Waals surface area contributed by atoms with Gasteiger partial charge in [-0.1, -0.05) is 27.5 Å². The number of benzene rings is 1. The second-order valence-corrected chi connectivity index (χ2v) is 4.98. The summed E-state index contributed by atoms with van der Waals surface area (Å²) in [6.45, 7) is 4.05. The van der Waals surface area contributed by atoms with Crippen molar-refractivity contribution in [2.24, 2.45) is 0 Å². The molecule has 1 aromatic carbocycles. The van der Waals surface area contributed by atoms with Crippen molar-refractivity contribution < 1.29 is 4.74 Å². The van der Waals surface area contributed by atoms with Crippen LogP contribution in [0.5, 0.6) is 11.5 Å².